The third-order valence-corrected chi connectivity index (χ3v) is 3.52. The lowest BCUT2D eigenvalue weighted by Crippen LogP contribution is -2.28. The van der Waals surface area contributed by atoms with Gasteiger partial charge in [-0.05, 0) is 33.1 Å². The van der Waals surface area contributed by atoms with E-state index in [0.717, 1.165) is 13.0 Å². The topological polar surface area (TPSA) is 49.4 Å². The third kappa shape index (κ3) is 4.76. The van der Waals surface area contributed by atoms with Gasteiger partial charge in [0.2, 0.25) is 0 Å². The van der Waals surface area contributed by atoms with E-state index in [0.29, 0.717) is 23.2 Å². The van der Waals surface area contributed by atoms with E-state index in [1.165, 1.54) is 0 Å². The molecule has 23 heavy (non-hydrogen) atoms. The smallest absolute Gasteiger partial charge is 0.252 e. The molecule has 0 aliphatic heterocycles. The monoisotopic (exact) mass is 310 g/mol. The Hall–Kier alpha value is -2.46. The fourth-order valence-corrected chi connectivity index (χ4v) is 2.32. The van der Waals surface area contributed by atoms with E-state index in [9.17, 15) is 9.59 Å². The molecule has 4 heteroatoms. The Kier molecular flexibility index (Phi) is 6.06. The molecule has 1 amide bonds. The van der Waals surface area contributed by atoms with Crippen molar-refractivity contribution in [3.63, 3.8) is 0 Å². The number of nitrogens with zero attached hydrogens (tertiary/aromatic N) is 1. The van der Waals surface area contributed by atoms with Crippen molar-refractivity contribution in [3.8, 4) is 0 Å². The Morgan fingerprint density at radius 1 is 0.913 bits per heavy atom. The summed E-state index contributed by atoms with van der Waals surface area (Å²) < 4.78 is 0. The van der Waals surface area contributed by atoms with Gasteiger partial charge in [0.1, 0.15) is 0 Å². The van der Waals surface area contributed by atoms with Gasteiger partial charge in [0, 0.05) is 17.7 Å². The van der Waals surface area contributed by atoms with Gasteiger partial charge in [0.25, 0.3) is 5.91 Å². The van der Waals surface area contributed by atoms with Gasteiger partial charge >= 0.3 is 0 Å². The Morgan fingerprint density at radius 3 is 2.17 bits per heavy atom. The van der Waals surface area contributed by atoms with Gasteiger partial charge in [-0.15, -0.1) is 0 Å². The second-order valence-electron chi connectivity index (χ2n) is 5.65. The third-order valence-electron chi connectivity index (χ3n) is 3.52. The van der Waals surface area contributed by atoms with Crippen molar-refractivity contribution in [2.24, 2.45) is 0 Å². The van der Waals surface area contributed by atoms with Crippen LogP contribution in [0.2, 0.25) is 0 Å². The van der Waals surface area contributed by atoms with Crippen LogP contribution in [0, 0.1) is 0 Å². The van der Waals surface area contributed by atoms with E-state index in [1.807, 2.05) is 32.3 Å². The van der Waals surface area contributed by atoms with Gasteiger partial charge in [-0.1, -0.05) is 48.5 Å². The molecule has 2 aromatic carbocycles. The van der Waals surface area contributed by atoms with Crippen LogP contribution in [0.25, 0.3) is 0 Å². The van der Waals surface area contributed by atoms with E-state index in [2.05, 4.69) is 10.2 Å². The molecule has 1 N–H and O–H groups in total. The summed E-state index contributed by atoms with van der Waals surface area (Å²) in [7, 11) is 3.99. The van der Waals surface area contributed by atoms with Crippen LogP contribution >= 0.6 is 0 Å². The van der Waals surface area contributed by atoms with Gasteiger partial charge in [0.15, 0.2) is 5.78 Å². The van der Waals surface area contributed by atoms with Gasteiger partial charge in [-0.25, -0.2) is 0 Å². The van der Waals surface area contributed by atoms with Gasteiger partial charge in [0.05, 0.1) is 5.56 Å². The lowest BCUT2D eigenvalue weighted by Gasteiger charge is -2.11. The number of benzene rings is 2. The molecule has 0 unspecified atom stereocenters. The number of carbonyl (C=O) groups is 2. The molecule has 0 saturated heterocycles. The number of carbonyl (C=O) groups excluding carboxylic acids is 2. The quantitative estimate of drug-likeness (QED) is 0.632. The number of rotatable bonds is 7. The fourth-order valence-electron chi connectivity index (χ4n) is 2.32. The maximum atomic E-state index is 12.6. The molecule has 0 heterocycles. The minimum atomic E-state index is -0.205. The summed E-state index contributed by atoms with van der Waals surface area (Å²) in [6, 6.07) is 16.0. The van der Waals surface area contributed by atoms with Crippen LogP contribution in [-0.4, -0.2) is 43.8 Å². The molecule has 120 valence electrons. The van der Waals surface area contributed by atoms with Crippen LogP contribution in [0.5, 0.6) is 0 Å². The molecule has 0 aromatic heterocycles. The SMILES string of the molecule is CN(C)CCCNC(=O)c1ccccc1C(=O)c1ccccc1. The number of nitrogens with one attached hydrogen (secondary N) is 1. The van der Waals surface area contributed by atoms with Crippen LogP contribution in [0.15, 0.2) is 54.6 Å². The second-order valence-corrected chi connectivity index (χ2v) is 5.65. The predicted molar refractivity (Wildman–Crippen MR) is 91.8 cm³/mol. The highest BCUT2D eigenvalue weighted by Crippen LogP contribution is 2.14. The maximum Gasteiger partial charge on any atom is 0.252 e. The van der Waals surface area contributed by atoms with E-state index in [-0.39, 0.29) is 11.7 Å². The summed E-state index contributed by atoms with van der Waals surface area (Å²) in [5, 5.41) is 2.88. The minimum Gasteiger partial charge on any atom is -0.352 e. The normalized spacial score (nSPS) is 10.6. The summed E-state index contributed by atoms with van der Waals surface area (Å²) >= 11 is 0. The standard InChI is InChI=1S/C19H22N2O2/c1-21(2)14-8-13-20-19(23)17-12-7-6-11-16(17)18(22)15-9-4-3-5-10-15/h3-7,9-12H,8,13-14H2,1-2H3,(H,20,23). The van der Waals surface area contributed by atoms with Gasteiger partial charge < -0.3 is 10.2 Å². The molecular weight excluding hydrogens is 288 g/mol. The Bertz CT molecular complexity index is 666. The number of ketones is 1. The van der Waals surface area contributed by atoms with Crippen molar-refractivity contribution >= 4 is 11.7 Å². The summed E-state index contributed by atoms with van der Waals surface area (Å²) in [6.07, 6.45) is 0.869. The summed E-state index contributed by atoms with van der Waals surface area (Å²) in [4.78, 5) is 27.0. The molecule has 0 radical (unpaired) electrons. The molecule has 0 atom stereocenters. The predicted octanol–water partition coefficient (Wildman–Crippen LogP) is 2.60. The zero-order valence-corrected chi connectivity index (χ0v) is 13.6. The molecule has 0 aliphatic carbocycles. The number of amides is 1. The van der Waals surface area contributed by atoms with Crippen LogP contribution in [-0.2, 0) is 0 Å². The van der Waals surface area contributed by atoms with E-state index >= 15 is 0 Å². The van der Waals surface area contributed by atoms with Crippen LogP contribution in [0.3, 0.4) is 0 Å². The highest BCUT2D eigenvalue weighted by atomic mass is 16.2. The lowest BCUT2D eigenvalue weighted by molar-refractivity contribution is 0.0941. The Labute approximate surface area is 137 Å². The maximum absolute atomic E-state index is 12.6. The average Bonchev–Trinajstić information content (AvgIpc) is 2.58. The number of hydrogen-bond acceptors (Lipinski definition) is 3. The lowest BCUT2D eigenvalue weighted by atomic mass is 9.98. The molecule has 2 aromatic rings. The minimum absolute atomic E-state index is 0.135. The zero-order chi connectivity index (χ0) is 16.7. The first kappa shape index (κ1) is 16.9. The average molecular weight is 310 g/mol. The molecule has 2 rings (SSSR count). The Balaban J connectivity index is 2.11. The number of hydrogen-bond donors (Lipinski definition) is 1. The summed E-state index contributed by atoms with van der Waals surface area (Å²) in [6.45, 7) is 1.50. The van der Waals surface area contributed by atoms with Crippen molar-refractivity contribution in [3.05, 3.63) is 71.3 Å². The first-order valence-electron chi connectivity index (χ1n) is 7.71. The Morgan fingerprint density at radius 2 is 1.52 bits per heavy atom. The second kappa shape index (κ2) is 8.25. The molecule has 0 saturated carbocycles. The van der Waals surface area contributed by atoms with E-state index < -0.39 is 0 Å². The largest absolute Gasteiger partial charge is 0.352 e. The van der Waals surface area contributed by atoms with Gasteiger partial charge in [-0.2, -0.15) is 0 Å². The highest BCUT2D eigenvalue weighted by Gasteiger charge is 2.17. The molecule has 0 fully saturated rings. The highest BCUT2D eigenvalue weighted by molar-refractivity contribution is 6.15. The van der Waals surface area contributed by atoms with E-state index in [1.54, 1.807) is 36.4 Å². The fraction of sp³-hybridized carbons (Fsp3) is 0.263. The summed E-state index contributed by atoms with van der Waals surface area (Å²) in [5.41, 5.74) is 1.44. The van der Waals surface area contributed by atoms with Gasteiger partial charge in [-0.3, -0.25) is 9.59 Å². The van der Waals surface area contributed by atoms with E-state index in [4.69, 9.17) is 0 Å². The first-order valence-corrected chi connectivity index (χ1v) is 7.71. The van der Waals surface area contributed by atoms with Crippen molar-refractivity contribution < 1.29 is 9.59 Å². The summed E-state index contributed by atoms with van der Waals surface area (Å²) in [5.74, 6) is -0.340. The van der Waals surface area contributed by atoms with Crippen LogP contribution < -0.4 is 5.32 Å². The van der Waals surface area contributed by atoms with Crippen molar-refractivity contribution in [1.29, 1.82) is 0 Å². The first-order chi connectivity index (χ1) is 11.1. The molecule has 0 spiro atoms. The van der Waals surface area contributed by atoms with Crippen molar-refractivity contribution in [1.82, 2.24) is 10.2 Å². The molecular formula is C19H22N2O2. The molecule has 0 bridgehead atoms. The van der Waals surface area contributed by atoms with Crippen molar-refractivity contribution in [2.45, 2.75) is 6.42 Å². The molecule has 4 nitrogen and oxygen atoms in total. The van der Waals surface area contributed by atoms with Crippen LogP contribution in [0.4, 0.5) is 0 Å². The van der Waals surface area contributed by atoms with Crippen molar-refractivity contribution in [2.75, 3.05) is 27.2 Å². The zero-order valence-electron chi connectivity index (χ0n) is 13.6. The van der Waals surface area contributed by atoms with Crippen LogP contribution in [0.1, 0.15) is 32.7 Å². The molecule has 0 aliphatic rings.